The van der Waals surface area contributed by atoms with Gasteiger partial charge in [0.1, 0.15) is 0 Å². The van der Waals surface area contributed by atoms with Crippen LogP contribution in [0.3, 0.4) is 0 Å². The third-order valence-electron chi connectivity index (χ3n) is 4.61. The summed E-state index contributed by atoms with van der Waals surface area (Å²) in [6.07, 6.45) is 1.32. The molecule has 7 nitrogen and oxygen atoms in total. The highest BCUT2D eigenvalue weighted by Gasteiger charge is 2.14. The summed E-state index contributed by atoms with van der Waals surface area (Å²) in [5.74, 6) is 0.913. The second-order valence-corrected chi connectivity index (χ2v) is 6.60. The zero-order valence-corrected chi connectivity index (χ0v) is 17.5. The number of guanidine groups is 1. The van der Waals surface area contributed by atoms with Gasteiger partial charge < -0.3 is 15.5 Å². The molecular weight excluding hydrogens is 328 g/mol. The van der Waals surface area contributed by atoms with E-state index < -0.39 is 0 Å². The number of hydrogen-bond donors (Lipinski definition) is 2. The average Bonchev–Trinajstić information content (AvgIpc) is 2.82. The minimum Gasteiger partial charge on any atom is -0.357 e. The summed E-state index contributed by atoms with van der Waals surface area (Å²) in [5.41, 5.74) is 3.55. The molecule has 0 spiro atoms. The molecule has 1 atom stereocenters. The normalized spacial score (nSPS) is 12.8. The van der Waals surface area contributed by atoms with Gasteiger partial charge in [-0.05, 0) is 53.5 Å². The Kier molecular flexibility index (Phi) is 9.16. The van der Waals surface area contributed by atoms with Gasteiger partial charge in [-0.2, -0.15) is 5.10 Å². The lowest BCUT2D eigenvalue weighted by Crippen LogP contribution is -2.43. The first kappa shape index (κ1) is 22.0. The van der Waals surface area contributed by atoms with E-state index in [4.69, 9.17) is 0 Å². The molecule has 7 heteroatoms. The minimum atomic E-state index is 0.157. The van der Waals surface area contributed by atoms with Crippen molar-refractivity contribution < 1.29 is 4.79 Å². The first-order valence-corrected chi connectivity index (χ1v) is 9.65. The van der Waals surface area contributed by atoms with E-state index in [1.54, 1.807) is 0 Å². The van der Waals surface area contributed by atoms with Gasteiger partial charge in [-0.1, -0.05) is 0 Å². The smallest absolute Gasteiger partial charge is 0.224 e. The van der Waals surface area contributed by atoms with Crippen molar-refractivity contribution in [3.63, 3.8) is 0 Å². The first-order valence-electron chi connectivity index (χ1n) is 9.65. The molecular formula is C19H36N6O. The van der Waals surface area contributed by atoms with Crippen LogP contribution in [-0.4, -0.2) is 58.8 Å². The summed E-state index contributed by atoms with van der Waals surface area (Å²) < 4.78 is 1.93. The van der Waals surface area contributed by atoms with Gasteiger partial charge in [-0.25, -0.2) is 0 Å². The molecule has 0 aliphatic carbocycles. The summed E-state index contributed by atoms with van der Waals surface area (Å²) >= 11 is 0. The number of aromatic nitrogens is 2. The van der Waals surface area contributed by atoms with Crippen LogP contribution < -0.4 is 10.6 Å². The first-order chi connectivity index (χ1) is 12.3. The second kappa shape index (κ2) is 10.8. The van der Waals surface area contributed by atoms with Gasteiger partial charge in [0.25, 0.3) is 0 Å². The number of carbonyl (C=O) groups excluding carboxylic acids is 1. The van der Waals surface area contributed by atoms with Crippen molar-refractivity contribution in [3.8, 4) is 0 Å². The van der Waals surface area contributed by atoms with Crippen LogP contribution in [0, 0.1) is 13.8 Å². The molecule has 1 rings (SSSR count). The van der Waals surface area contributed by atoms with Gasteiger partial charge in [-0.3, -0.25) is 14.5 Å². The van der Waals surface area contributed by atoms with Gasteiger partial charge in [0.15, 0.2) is 5.96 Å². The largest absolute Gasteiger partial charge is 0.357 e. The maximum atomic E-state index is 12.1. The monoisotopic (exact) mass is 364 g/mol. The van der Waals surface area contributed by atoms with Gasteiger partial charge in [0.05, 0.1) is 12.2 Å². The maximum Gasteiger partial charge on any atom is 0.224 e. The van der Waals surface area contributed by atoms with Crippen LogP contribution in [0.1, 0.15) is 51.1 Å². The molecule has 0 bridgehead atoms. The summed E-state index contributed by atoms with van der Waals surface area (Å²) in [4.78, 5) is 18.5. The molecule has 0 fully saturated rings. The van der Waals surface area contributed by atoms with Crippen molar-refractivity contribution in [1.82, 2.24) is 25.3 Å². The summed E-state index contributed by atoms with van der Waals surface area (Å²) in [6, 6.07) is 0.216. The Bertz CT molecular complexity index is 603. The van der Waals surface area contributed by atoms with E-state index in [0.29, 0.717) is 13.0 Å². The van der Waals surface area contributed by atoms with Crippen LogP contribution in [0.25, 0.3) is 0 Å². The Morgan fingerprint density at radius 2 is 1.92 bits per heavy atom. The third kappa shape index (κ3) is 6.35. The van der Waals surface area contributed by atoms with E-state index in [-0.39, 0.29) is 11.9 Å². The fourth-order valence-corrected chi connectivity index (χ4v) is 3.02. The Morgan fingerprint density at radius 1 is 1.27 bits per heavy atom. The van der Waals surface area contributed by atoms with Crippen molar-refractivity contribution in [2.75, 3.05) is 26.2 Å². The Hall–Kier alpha value is -2.05. The van der Waals surface area contributed by atoms with Crippen molar-refractivity contribution in [1.29, 1.82) is 0 Å². The molecule has 0 saturated heterocycles. The number of carbonyl (C=O) groups is 1. The van der Waals surface area contributed by atoms with Crippen molar-refractivity contribution >= 4 is 11.9 Å². The zero-order valence-electron chi connectivity index (χ0n) is 17.5. The fourth-order valence-electron chi connectivity index (χ4n) is 3.02. The Labute approximate surface area is 158 Å². The van der Waals surface area contributed by atoms with Crippen LogP contribution in [0.4, 0.5) is 0 Å². The number of hydrogen-bond acceptors (Lipinski definition) is 3. The standard InChI is InChI=1S/C19H36N6O/c1-8-20-19(21-12-11-18(26)25(9-2)10-3)22-14(4)13-17-15(5)23-24(7)16(17)6/h14H,8-13H2,1-7H3,(H2,20,21,22). The minimum absolute atomic E-state index is 0.157. The Morgan fingerprint density at radius 3 is 2.42 bits per heavy atom. The topological polar surface area (TPSA) is 74.6 Å². The lowest BCUT2D eigenvalue weighted by atomic mass is 10.1. The molecule has 148 valence electrons. The lowest BCUT2D eigenvalue weighted by Gasteiger charge is -2.19. The highest BCUT2D eigenvalue weighted by atomic mass is 16.2. The van der Waals surface area contributed by atoms with Gasteiger partial charge in [-0.15, -0.1) is 0 Å². The third-order valence-corrected chi connectivity index (χ3v) is 4.61. The summed E-state index contributed by atoms with van der Waals surface area (Å²) in [5, 5.41) is 11.2. The Balaban J connectivity index is 2.64. The number of aryl methyl sites for hydroxylation is 2. The molecule has 1 unspecified atom stereocenters. The number of nitrogens with zero attached hydrogens (tertiary/aromatic N) is 4. The number of amides is 1. The number of rotatable bonds is 9. The molecule has 0 radical (unpaired) electrons. The van der Waals surface area contributed by atoms with E-state index in [2.05, 4.69) is 34.6 Å². The molecule has 1 heterocycles. The van der Waals surface area contributed by atoms with Crippen LogP contribution in [0.5, 0.6) is 0 Å². The van der Waals surface area contributed by atoms with Crippen molar-refractivity contribution in [2.24, 2.45) is 12.0 Å². The van der Waals surface area contributed by atoms with Crippen molar-refractivity contribution in [2.45, 2.75) is 60.4 Å². The molecule has 1 aromatic heterocycles. The van der Waals surface area contributed by atoms with Crippen LogP contribution in [0.15, 0.2) is 4.99 Å². The van der Waals surface area contributed by atoms with E-state index in [1.165, 1.54) is 11.3 Å². The van der Waals surface area contributed by atoms with E-state index in [1.807, 2.05) is 44.3 Å². The van der Waals surface area contributed by atoms with Crippen molar-refractivity contribution in [3.05, 3.63) is 17.0 Å². The molecule has 0 aliphatic heterocycles. The predicted molar refractivity (Wildman–Crippen MR) is 108 cm³/mol. The van der Waals surface area contributed by atoms with Gasteiger partial charge in [0.2, 0.25) is 5.91 Å². The second-order valence-electron chi connectivity index (χ2n) is 6.60. The summed E-state index contributed by atoms with van der Waals surface area (Å²) in [6.45, 7) is 15.1. The van der Waals surface area contributed by atoms with Gasteiger partial charge >= 0.3 is 0 Å². The van der Waals surface area contributed by atoms with E-state index >= 15 is 0 Å². The van der Waals surface area contributed by atoms with Crippen LogP contribution in [-0.2, 0) is 18.3 Å². The highest BCUT2D eigenvalue weighted by molar-refractivity contribution is 5.81. The van der Waals surface area contributed by atoms with Gasteiger partial charge in [0, 0.05) is 44.8 Å². The quantitative estimate of drug-likeness (QED) is 0.517. The number of aliphatic imine (C=N–C) groups is 1. The molecule has 0 saturated carbocycles. The molecule has 0 aliphatic rings. The SMILES string of the molecule is CCNC(=NCCC(=O)N(CC)CC)NC(C)Cc1c(C)nn(C)c1C. The molecule has 2 N–H and O–H groups in total. The zero-order chi connectivity index (χ0) is 19.7. The average molecular weight is 365 g/mol. The molecule has 26 heavy (non-hydrogen) atoms. The van der Waals surface area contributed by atoms with Crippen LogP contribution >= 0.6 is 0 Å². The van der Waals surface area contributed by atoms with Crippen LogP contribution in [0.2, 0.25) is 0 Å². The lowest BCUT2D eigenvalue weighted by molar-refractivity contribution is -0.130. The highest BCUT2D eigenvalue weighted by Crippen LogP contribution is 2.14. The van der Waals surface area contributed by atoms with E-state index in [9.17, 15) is 4.79 Å². The molecule has 0 aromatic carbocycles. The molecule has 1 amide bonds. The molecule has 1 aromatic rings. The van der Waals surface area contributed by atoms with E-state index in [0.717, 1.165) is 37.7 Å². The predicted octanol–water partition coefficient (Wildman–Crippen LogP) is 1.78. The summed E-state index contributed by atoms with van der Waals surface area (Å²) in [7, 11) is 1.97. The number of nitrogens with one attached hydrogen (secondary N) is 2. The maximum absolute atomic E-state index is 12.1. The fraction of sp³-hybridized carbons (Fsp3) is 0.737.